The number of sulfone groups is 1. The van der Waals surface area contributed by atoms with Gasteiger partial charge in [0.1, 0.15) is 11.1 Å². The third-order valence-corrected chi connectivity index (χ3v) is 4.61. The maximum Gasteiger partial charge on any atom is 0.175 e. The summed E-state index contributed by atoms with van der Waals surface area (Å²) in [6.07, 6.45) is 2.64. The van der Waals surface area contributed by atoms with Crippen LogP contribution in [-0.2, 0) is 9.84 Å². The standard InChI is InChI=1S/C13H11N3O2S2/c1-20(17,18)12-4-2-11(3-5-12)19-13-9(7-14)6-10(15)8-16-13/h2-6,8H,15H2,1H3. The highest BCUT2D eigenvalue weighted by Gasteiger charge is 2.09. The number of aromatic nitrogens is 1. The highest BCUT2D eigenvalue weighted by molar-refractivity contribution is 7.99. The van der Waals surface area contributed by atoms with Gasteiger partial charge in [-0.1, -0.05) is 11.8 Å². The summed E-state index contributed by atoms with van der Waals surface area (Å²) >= 11 is 1.28. The summed E-state index contributed by atoms with van der Waals surface area (Å²) in [4.78, 5) is 5.17. The first-order chi connectivity index (χ1) is 9.40. The predicted molar refractivity (Wildman–Crippen MR) is 77.0 cm³/mol. The van der Waals surface area contributed by atoms with Crippen molar-refractivity contribution < 1.29 is 8.42 Å². The lowest BCUT2D eigenvalue weighted by Crippen LogP contribution is -1.96. The summed E-state index contributed by atoms with van der Waals surface area (Å²) in [6.45, 7) is 0. The lowest BCUT2D eigenvalue weighted by Gasteiger charge is -2.04. The van der Waals surface area contributed by atoms with Gasteiger partial charge in [-0.2, -0.15) is 5.26 Å². The number of benzene rings is 1. The topological polar surface area (TPSA) is 96.8 Å². The van der Waals surface area contributed by atoms with E-state index < -0.39 is 9.84 Å². The SMILES string of the molecule is CS(=O)(=O)c1ccc(Sc2ncc(N)cc2C#N)cc1. The number of hydrogen-bond acceptors (Lipinski definition) is 6. The lowest BCUT2D eigenvalue weighted by molar-refractivity contribution is 0.602. The maximum atomic E-state index is 11.4. The summed E-state index contributed by atoms with van der Waals surface area (Å²) in [6, 6.07) is 10.0. The average molecular weight is 305 g/mol. The molecule has 0 aliphatic carbocycles. The fourth-order valence-electron chi connectivity index (χ4n) is 1.50. The number of pyridine rings is 1. The molecule has 0 saturated carbocycles. The molecule has 2 N–H and O–H groups in total. The average Bonchev–Trinajstić information content (AvgIpc) is 2.40. The largest absolute Gasteiger partial charge is 0.397 e. The van der Waals surface area contributed by atoms with Gasteiger partial charge in [-0.3, -0.25) is 0 Å². The van der Waals surface area contributed by atoms with Crippen molar-refractivity contribution in [1.29, 1.82) is 5.26 Å². The third kappa shape index (κ3) is 3.29. The molecule has 0 saturated heterocycles. The number of nitriles is 1. The molecular weight excluding hydrogens is 294 g/mol. The van der Waals surface area contributed by atoms with Crippen LogP contribution in [0.15, 0.2) is 51.3 Å². The first kappa shape index (κ1) is 14.4. The van der Waals surface area contributed by atoms with Crippen LogP contribution < -0.4 is 5.73 Å². The number of nitrogens with zero attached hydrogens (tertiary/aromatic N) is 2. The van der Waals surface area contributed by atoms with Gasteiger partial charge < -0.3 is 5.73 Å². The zero-order valence-electron chi connectivity index (χ0n) is 10.6. The fraction of sp³-hybridized carbons (Fsp3) is 0.0769. The van der Waals surface area contributed by atoms with E-state index in [4.69, 9.17) is 11.0 Å². The number of rotatable bonds is 3. The molecule has 0 bridgehead atoms. The highest BCUT2D eigenvalue weighted by atomic mass is 32.2. The van der Waals surface area contributed by atoms with E-state index in [1.165, 1.54) is 30.1 Å². The summed E-state index contributed by atoms with van der Waals surface area (Å²) in [5.74, 6) is 0. The first-order valence-corrected chi connectivity index (χ1v) is 8.24. The first-order valence-electron chi connectivity index (χ1n) is 5.54. The Kier molecular flexibility index (Phi) is 3.97. The van der Waals surface area contributed by atoms with Crippen molar-refractivity contribution in [3.05, 3.63) is 42.1 Å². The van der Waals surface area contributed by atoms with Gasteiger partial charge in [0, 0.05) is 11.2 Å². The van der Waals surface area contributed by atoms with Crippen LogP contribution in [0.2, 0.25) is 0 Å². The Hall–Kier alpha value is -2.04. The van der Waals surface area contributed by atoms with Gasteiger partial charge in [0.25, 0.3) is 0 Å². The Morgan fingerprint density at radius 2 is 1.95 bits per heavy atom. The summed E-state index contributed by atoms with van der Waals surface area (Å²) in [5.41, 5.74) is 6.39. The van der Waals surface area contributed by atoms with Crippen molar-refractivity contribution in [1.82, 2.24) is 4.98 Å². The number of nitrogens with two attached hydrogens (primary N) is 1. The van der Waals surface area contributed by atoms with Gasteiger partial charge in [0.05, 0.1) is 22.3 Å². The normalized spacial score (nSPS) is 11.0. The van der Waals surface area contributed by atoms with Crippen LogP contribution in [0.3, 0.4) is 0 Å². The van der Waals surface area contributed by atoms with Gasteiger partial charge in [-0.05, 0) is 30.3 Å². The van der Waals surface area contributed by atoms with Crippen molar-refractivity contribution in [2.24, 2.45) is 0 Å². The number of hydrogen-bond donors (Lipinski definition) is 1. The number of anilines is 1. The summed E-state index contributed by atoms with van der Waals surface area (Å²) in [5, 5.41) is 9.57. The van der Waals surface area contributed by atoms with E-state index in [1.54, 1.807) is 18.2 Å². The van der Waals surface area contributed by atoms with E-state index in [0.717, 1.165) is 11.2 Å². The molecule has 0 unspecified atom stereocenters. The van der Waals surface area contributed by atoms with Gasteiger partial charge >= 0.3 is 0 Å². The van der Waals surface area contributed by atoms with Crippen molar-refractivity contribution in [2.45, 2.75) is 14.8 Å². The summed E-state index contributed by atoms with van der Waals surface area (Å²) < 4.78 is 22.7. The molecule has 102 valence electrons. The van der Waals surface area contributed by atoms with Crippen molar-refractivity contribution in [2.75, 3.05) is 12.0 Å². The van der Waals surface area contributed by atoms with Crippen LogP contribution in [0.5, 0.6) is 0 Å². The van der Waals surface area contributed by atoms with Crippen LogP contribution in [0.4, 0.5) is 5.69 Å². The van der Waals surface area contributed by atoms with Crippen LogP contribution in [-0.4, -0.2) is 19.7 Å². The van der Waals surface area contributed by atoms with Gasteiger partial charge in [0.15, 0.2) is 9.84 Å². The maximum absolute atomic E-state index is 11.4. The molecule has 0 radical (unpaired) electrons. The zero-order valence-corrected chi connectivity index (χ0v) is 12.2. The molecule has 0 amide bonds. The molecule has 0 aliphatic rings. The molecule has 20 heavy (non-hydrogen) atoms. The minimum atomic E-state index is -3.20. The van der Waals surface area contributed by atoms with E-state index in [9.17, 15) is 8.42 Å². The Morgan fingerprint density at radius 3 is 2.50 bits per heavy atom. The van der Waals surface area contributed by atoms with Crippen LogP contribution in [0.1, 0.15) is 5.56 Å². The molecule has 0 aliphatic heterocycles. The molecule has 7 heteroatoms. The van der Waals surface area contributed by atoms with Gasteiger partial charge in [-0.25, -0.2) is 13.4 Å². The predicted octanol–water partition coefficient (Wildman–Crippen LogP) is 2.09. The third-order valence-electron chi connectivity index (χ3n) is 2.46. The molecule has 1 heterocycles. The number of nitrogen functional groups attached to an aromatic ring is 1. The second kappa shape index (κ2) is 5.53. The Labute approximate surface area is 121 Å². The van der Waals surface area contributed by atoms with E-state index in [-0.39, 0.29) is 4.90 Å². The highest BCUT2D eigenvalue weighted by Crippen LogP contribution is 2.29. The Morgan fingerprint density at radius 1 is 1.30 bits per heavy atom. The van der Waals surface area contributed by atoms with Crippen LogP contribution >= 0.6 is 11.8 Å². The van der Waals surface area contributed by atoms with Crippen molar-refractivity contribution >= 4 is 27.3 Å². The Balaban J connectivity index is 2.30. The summed E-state index contributed by atoms with van der Waals surface area (Å²) in [7, 11) is -3.20. The molecule has 5 nitrogen and oxygen atoms in total. The van der Waals surface area contributed by atoms with E-state index >= 15 is 0 Å². The van der Waals surface area contributed by atoms with Gasteiger partial charge in [-0.15, -0.1) is 0 Å². The van der Waals surface area contributed by atoms with E-state index in [2.05, 4.69) is 4.98 Å². The molecule has 0 fully saturated rings. The smallest absolute Gasteiger partial charge is 0.175 e. The molecule has 0 atom stereocenters. The fourth-order valence-corrected chi connectivity index (χ4v) is 2.94. The van der Waals surface area contributed by atoms with Crippen molar-refractivity contribution in [3.63, 3.8) is 0 Å². The molecule has 2 rings (SSSR count). The van der Waals surface area contributed by atoms with Crippen LogP contribution in [0, 0.1) is 11.3 Å². The quantitative estimate of drug-likeness (QED) is 0.932. The van der Waals surface area contributed by atoms with Crippen LogP contribution in [0.25, 0.3) is 0 Å². The van der Waals surface area contributed by atoms with Crippen molar-refractivity contribution in [3.8, 4) is 6.07 Å². The second-order valence-electron chi connectivity index (χ2n) is 4.08. The molecule has 0 spiro atoms. The molecule has 1 aromatic heterocycles. The molecule has 2 aromatic rings. The van der Waals surface area contributed by atoms with E-state index in [1.807, 2.05) is 6.07 Å². The minimum Gasteiger partial charge on any atom is -0.397 e. The van der Waals surface area contributed by atoms with Gasteiger partial charge in [0.2, 0.25) is 0 Å². The lowest BCUT2D eigenvalue weighted by atomic mass is 10.3. The minimum absolute atomic E-state index is 0.257. The van der Waals surface area contributed by atoms with E-state index in [0.29, 0.717) is 16.3 Å². The molecular formula is C13H11N3O2S2. The zero-order chi connectivity index (χ0) is 14.8. The Bertz CT molecular complexity index is 778. The monoisotopic (exact) mass is 305 g/mol. The molecule has 1 aromatic carbocycles. The second-order valence-corrected chi connectivity index (χ2v) is 7.16.